The molecule has 4 aliphatic heterocycles. The van der Waals surface area contributed by atoms with Crippen LogP contribution in [0, 0.1) is 0 Å². The lowest BCUT2D eigenvalue weighted by Gasteiger charge is -2.46. The molecule has 4 aliphatic rings. The van der Waals surface area contributed by atoms with E-state index in [4.69, 9.17) is 18.9 Å². The van der Waals surface area contributed by atoms with E-state index >= 15 is 0 Å². The third-order valence-corrected chi connectivity index (χ3v) is 14.1. The summed E-state index contributed by atoms with van der Waals surface area (Å²) >= 11 is 0. The number of anilines is 3. The maximum atomic E-state index is 7.35. The van der Waals surface area contributed by atoms with Crippen molar-refractivity contribution in [2.75, 3.05) is 4.90 Å². The Morgan fingerprint density at radius 3 is 0.910 bits per heavy atom. The van der Waals surface area contributed by atoms with Crippen LogP contribution in [0.4, 0.5) is 17.1 Å². The van der Waals surface area contributed by atoms with Crippen LogP contribution in [0.15, 0.2) is 237 Å². The van der Waals surface area contributed by atoms with Gasteiger partial charge in [-0.1, -0.05) is 176 Å². The van der Waals surface area contributed by atoms with Crippen LogP contribution in [0.25, 0.3) is 11.1 Å². The summed E-state index contributed by atoms with van der Waals surface area (Å²) in [6.45, 7) is 0. The van der Waals surface area contributed by atoms with Gasteiger partial charge in [0.1, 0.15) is 34.5 Å². The maximum Gasteiger partial charge on any atom is 0.156 e. The summed E-state index contributed by atoms with van der Waals surface area (Å²) in [6.07, 6.45) is 0. The van der Waals surface area contributed by atoms with Crippen molar-refractivity contribution in [2.45, 2.75) is 10.8 Å². The van der Waals surface area contributed by atoms with Crippen LogP contribution in [0.5, 0.6) is 46.0 Å². The van der Waals surface area contributed by atoms with Gasteiger partial charge in [-0.05, 0) is 71.8 Å². The SMILES string of the molecule is c1ccc(-c2ccc(N(c3cccc4c3Oc3ccccc3C43c4ccccc4Oc4ccccc43)c3cccc4c3Oc3ccccc3C43c4ccccc4Oc4ccccc43)cc2)cc1. The van der Waals surface area contributed by atoms with Crippen molar-refractivity contribution in [3.8, 4) is 57.1 Å². The predicted octanol–water partition coefficient (Wildman–Crippen LogP) is 16.0. The van der Waals surface area contributed by atoms with E-state index in [1.165, 1.54) is 0 Å². The first-order chi connectivity index (χ1) is 33.2. The van der Waals surface area contributed by atoms with Crippen LogP contribution in [0.1, 0.15) is 44.5 Å². The van der Waals surface area contributed by atoms with Gasteiger partial charge in [0.15, 0.2) is 11.5 Å². The molecule has 0 aromatic heterocycles. The molecule has 14 rings (SSSR count). The number of hydrogen-bond donors (Lipinski definition) is 0. The molecule has 10 aromatic carbocycles. The molecule has 316 valence electrons. The van der Waals surface area contributed by atoms with E-state index in [1.54, 1.807) is 0 Å². The lowest BCUT2D eigenvalue weighted by molar-refractivity contribution is 0.398. The molecule has 0 N–H and O–H groups in total. The Morgan fingerprint density at radius 1 is 0.239 bits per heavy atom. The summed E-state index contributed by atoms with van der Waals surface area (Å²) in [5.74, 6) is 6.30. The van der Waals surface area contributed by atoms with E-state index in [0.717, 1.165) is 119 Å². The van der Waals surface area contributed by atoms with Gasteiger partial charge in [-0.3, -0.25) is 0 Å². The van der Waals surface area contributed by atoms with Gasteiger partial charge in [0, 0.05) is 50.2 Å². The van der Waals surface area contributed by atoms with Gasteiger partial charge in [-0.2, -0.15) is 0 Å². The molecule has 4 heterocycles. The summed E-state index contributed by atoms with van der Waals surface area (Å²) in [6, 6.07) is 83.0. The molecule has 0 atom stereocenters. The van der Waals surface area contributed by atoms with E-state index in [0.29, 0.717) is 0 Å². The first-order valence-electron chi connectivity index (χ1n) is 22.7. The summed E-state index contributed by atoms with van der Waals surface area (Å²) in [7, 11) is 0. The zero-order chi connectivity index (χ0) is 44.1. The Kier molecular flexibility index (Phi) is 8.05. The quantitative estimate of drug-likeness (QED) is 0.176. The van der Waals surface area contributed by atoms with E-state index in [-0.39, 0.29) is 0 Å². The van der Waals surface area contributed by atoms with Crippen molar-refractivity contribution in [1.29, 1.82) is 0 Å². The lowest BCUT2D eigenvalue weighted by Crippen LogP contribution is -2.37. The molecule has 10 aromatic rings. The van der Waals surface area contributed by atoms with Gasteiger partial charge in [0.05, 0.1) is 22.2 Å². The molecular formula is C62H39NO4. The number of benzene rings is 10. The number of para-hydroxylation sites is 8. The van der Waals surface area contributed by atoms with Crippen LogP contribution in [0.2, 0.25) is 0 Å². The predicted molar refractivity (Wildman–Crippen MR) is 263 cm³/mol. The number of fused-ring (bicyclic) bond motifs is 16. The van der Waals surface area contributed by atoms with Gasteiger partial charge in [0.2, 0.25) is 0 Å². The molecule has 2 spiro atoms. The van der Waals surface area contributed by atoms with Crippen molar-refractivity contribution >= 4 is 17.1 Å². The molecule has 0 radical (unpaired) electrons. The summed E-state index contributed by atoms with van der Waals surface area (Å²) in [5, 5.41) is 0. The van der Waals surface area contributed by atoms with Crippen LogP contribution in [-0.2, 0) is 10.8 Å². The molecule has 0 saturated heterocycles. The maximum absolute atomic E-state index is 7.35. The fourth-order valence-corrected chi connectivity index (χ4v) is 11.4. The summed E-state index contributed by atoms with van der Waals surface area (Å²) in [5.41, 5.74) is 11.7. The lowest BCUT2D eigenvalue weighted by atomic mass is 9.62. The second-order valence-corrected chi connectivity index (χ2v) is 17.4. The molecule has 67 heavy (non-hydrogen) atoms. The Balaban J connectivity index is 1.08. The van der Waals surface area contributed by atoms with Gasteiger partial charge in [-0.15, -0.1) is 0 Å². The zero-order valence-corrected chi connectivity index (χ0v) is 36.1. The van der Waals surface area contributed by atoms with Gasteiger partial charge in [0.25, 0.3) is 0 Å². The van der Waals surface area contributed by atoms with Crippen molar-refractivity contribution in [2.24, 2.45) is 0 Å². The minimum atomic E-state index is -0.778. The minimum Gasteiger partial charge on any atom is -0.457 e. The second kappa shape index (κ2) is 14.4. The largest absolute Gasteiger partial charge is 0.457 e. The van der Waals surface area contributed by atoms with Crippen LogP contribution in [0.3, 0.4) is 0 Å². The minimum absolute atomic E-state index is 0.741. The first kappa shape index (κ1) is 37.6. The van der Waals surface area contributed by atoms with E-state index in [2.05, 4.69) is 217 Å². The standard InChI is InChI=1S/C62H39NO4/c1-2-18-40(19-3-1)41-36-38-42(39-37-41)63(51-28-16-26-49-59(51)66-57-34-14-8-24-47(57)61(49)43-20-4-10-30-53(43)64-54-31-11-5-21-44(54)61)52-29-17-27-50-60(52)67-58-35-15-9-25-48(58)62(50)45-22-6-12-32-55(45)65-56-33-13-7-23-46(56)62/h1-39H. The number of hydrogen-bond acceptors (Lipinski definition) is 5. The number of rotatable bonds is 4. The molecule has 5 heteroatoms. The van der Waals surface area contributed by atoms with E-state index in [9.17, 15) is 0 Å². The fourth-order valence-electron chi connectivity index (χ4n) is 11.4. The Labute approximate surface area is 388 Å². The van der Waals surface area contributed by atoms with Gasteiger partial charge in [-0.25, -0.2) is 0 Å². The highest BCUT2D eigenvalue weighted by molar-refractivity contribution is 5.90. The third-order valence-electron chi connectivity index (χ3n) is 14.1. The number of nitrogens with zero attached hydrogens (tertiary/aromatic N) is 1. The average Bonchev–Trinajstić information content (AvgIpc) is 3.39. The molecule has 0 bridgehead atoms. The zero-order valence-electron chi connectivity index (χ0n) is 36.1. The average molecular weight is 862 g/mol. The Hall–Kier alpha value is -8.80. The van der Waals surface area contributed by atoms with Crippen LogP contribution < -0.4 is 23.8 Å². The van der Waals surface area contributed by atoms with Crippen LogP contribution >= 0.6 is 0 Å². The molecular weight excluding hydrogens is 823 g/mol. The highest BCUT2D eigenvalue weighted by Crippen LogP contribution is 2.66. The molecule has 0 saturated carbocycles. The Bertz CT molecular complexity index is 3290. The fraction of sp³-hybridized carbons (Fsp3) is 0.0323. The smallest absolute Gasteiger partial charge is 0.156 e. The molecule has 0 amide bonds. The van der Waals surface area contributed by atoms with Crippen LogP contribution in [-0.4, -0.2) is 0 Å². The first-order valence-corrected chi connectivity index (χ1v) is 22.7. The molecule has 0 fully saturated rings. The summed E-state index contributed by atoms with van der Waals surface area (Å²) in [4.78, 5) is 2.32. The molecule has 5 nitrogen and oxygen atoms in total. The Morgan fingerprint density at radius 2 is 0.537 bits per heavy atom. The van der Waals surface area contributed by atoms with Crippen molar-refractivity contribution < 1.29 is 18.9 Å². The number of ether oxygens (including phenoxy) is 4. The third kappa shape index (κ3) is 5.19. The highest BCUT2D eigenvalue weighted by Gasteiger charge is 2.53. The molecule has 0 unspecified atom stereocenters. The van der Waals surface area contributed by atoms with Crippen molar-refractivity contribution in [1.82, 2.24) is 0 Å². The van der Waals surface area contributed by atoms with E-state index in [1.807, 2.05) is 24.3 Å². The van der Waals surface area contributed by atoms with E-state index < -0.39 is 10.8 Å². The van der Waals surface area contributed by atoms with Gasteiger partial charge < -0.3 is 23.8 Å². The van der Waals surface area contributed by atoms with Crippen molar-refractivity contribution in [3.05, 3.63) is 281 Å². The molecule has 0 aliphatic carbocycles. The topological polar surface area (TPSA) is 40.2 Å². The van der Waals surface area contributed by atoms with Gasteiger partial charge >= 0.3 is 0 Å². The highest BCUT2D eigenvalue weighted by atomic mass is 16.5. The normalized spacial score (nSPS) is 14.4. The second-order valence-electron chi connectivity index (χ2n) is 17.4. The monoisotopic (exact) mass is 861 g/mol. The van der Waals surface area contributed by atoms with Crippen molar-refractivity contribution in [3.63, 3.8) is 0 Å². The summed E-state index contributed by atoms with van der Waals surface area (Å²) < 4.78 is 28.1.